The predicted molar refractivity (Wildman–Crippen MR) is 95.9 cm³/mol. The third-order valence-corrected chi connectivity index (χ3v) is 4.97. The van der Waals surface area contributed by atoms with Crippen LogP contribution in [0.3, 0.4) is 0 Å². The molecule has 1 aliphatic carbocycles. The summed E-state index contributed by atoms with van der Waals surface area (Å²) >= 11 is 0. The zero-order valence-electron chi connectivity index (χ0n) is 14.4. The minimum atomic E-state index is -0.413. The van der Waals surface area contributed by atoms with Gasteiger partial charge in [0, 0.05) is 10.9 Å². The summed E-state index contributed by atoms with van der Waals surface area (Å²) in [5.41, 5.74) is 2.32. The smallest absolute Gasteiger partial charge is 0.341 e. The van der Waals surface area contributed by atoms with E-state index in [-0.39, 0.29) is 17.5 Å². The molecule has 0 saturated heterocycles. The van der Waals surface area contributed by atoms with Crippen LogP contribution in [0.4, 0.5) is 0 Å². The number of rotatable bonds is 2. The topological polar surface area (TPSA) is 65.1 Å². The molecule has 0 amide bonds. The Bertz CT molecular complexity index is 1080. The van der Waals surface area contributed by atoms with Gasteiger partial charge in [0.25, 0.3) is 5.56 Å². The van der Waals surface area contributed by atoms with E-state index in [0.717, 1.165) is 35.9 Å². The Kier molecular flexibility index (Phi) is 3.60. The molecule has 0 atom stereocenters. The molecule has 0 aliphatic heterocycles. The quantitative estimate of drug-likeness (QED) is 0.675. The van der Waals surface area contributed by atoms with Crippen LogP contribution in [0.1, 0.15) is 37.1 Å². The van der Waals surface area contributed by atoms with Crippen molar-refractivity contribution >= 4 is 11.0 Å². The lowest BCUT2D eigenvalue weighted by Gasteiger charge is -2.30. The van der Waals surface area contributed by atoms with Crippen molar-refractivity contribution < 1.29 is 4.42 Å². The van der Waals surface area contributed by atoms with Crippen LogP contribution in [0.25, 0.3) is 11.0 Å². The lowest BCUT2D eigenvalue weighted by atomic mass is 9.76. The van der Waals surface area contributed by atoms with Gasteiger partial charge in [0.1, 0.15) is 5.58 Å². The maximum Gasteiger partial charge on any atom is 0.341 e. The van der Waals surface area contributed by atoms with Gasteiger partial charge in [0.05, 0.1) is 24.1 Å². The third-order valence-electron chi connectivity index (χ3n) is 4.97. The Morgan fingerprint density at radius 2 is 2.04 bits per heavy atom. The largest absolute Gasteiger partial charge is 0.422 e. The molecule has 0 spiro atoms. The summed E-state index contributed by atoms with van der Waals surface area (Å²) in [7, 11) is 0. The van der Waals surface area contributed by atoms with Gasteiger partial charge in [-0.25, -0.2) is 9.78 Å². The molecule has 4 rings (SSSR count). The van der Waals surface area contributed by atoms with Crippen molar-refractivity contribution in [1.82, 2.24) is 9.55 Å². The van der Waals surface area contributed by atoms with Gasteiger partial charge in [-0.1, -0.05) is 32.0 Å². The molecule has 0 fully saturated rings. The van der Waals surface area contributed by atoms with Crippen molar-refractivity contribution in [2.75, 3.05) is 0 Å². The summed E-state index contributed by atoms with van der Waals surface area (Å²) in [6.45, 7) is 4.52. The van der Waals surface area contributed by atoms with Gasteiger partial charge < -0.3 is 4.42 Å². The second-order valence-corrected chi connectivity index (χ2v) is 7.54. The van der Waals surface area contributed by atoms with Crippen LogP contribution in [0, 0.1) is 5.41 Å². The van der Waals surface area contributed by atoms with E-state index in [4.69, 9.17) is 4.42 Å². The van der Waals surface area contributed by atoms with Crippen molar-refractivity contribution in [1.29, 1.82) is 0 Å². The van der Waals surface area contributed by atoms with Crippen LogP contribution in [0.5, 0.6) is 0 Å². The fourth-order valence-corrected chi connectivity index (χ4v) is 3.49. The van der Waals surface area contributed by atoms with E-state index in [1.54, 1.807) is 18.5 Å². The molecule has 2 heterocycles. The standard InChI is InChI=1S/C20H20N2O3/c1-20(2)8-7-16-15(10-20)18(23)22(12-21-16)11-14-9-13-5-3-4-6-17(13)25-19(14)24/h3-6,9,12H,7-8,10-11H2,1-2H3. The van der Waals surface area contributed by atoms with E-state index >= 15 is 0 Å². The van der Waals surface area contributed by atoms with E-state index in [1.807, 2.05) is 18.2 Å². The Hall–Kier alpha value is -2.69. The summed E-state index contributed by atoms with van der Waals surface area (Å²) in [5.74, 6) is 0. The average Bonchev–Trinajstić information content (AvgIpc) is 2.58. The monoisotopic (exact) mass is 336 g/mol. The highest BCUT2D eigenvalue weighted by Crippen LogP contribution is 2.32. The van der Waals surface area contributed by atoms with Gasteiger partial charge in [-0.15, -0.1) is 0 Å². The zero-order valence-corrected chi connectivity index (χ0v) is 14.4. The molecule has 0 N–H and O–H groups in total. The summed E-state index contributed by atoms with van der Waals surface area (Å²) in [6.07, 6.45) is 4.14. The molecule has 25 heavy (non-hydrogen) atoms. The zero-order chi connectivity index (χ0) is 17.6. The Morgan fingerprint density at radius 1 is 1.24 bits per heavy atom. The van der Waals surface area contributed by atoms with E-state index in [2.05, 4.69) is 18.8 Å². The first kappa shape index (κ1) is 15.8. The maximum atomic E-state index is 12.9. The Balaban J connectivity index is 1.76. The maximum absolute atomic E-state index is 12.9. The molecule has 2 aromatic heterocycles. The van der Waals surface area contributed by atoms with Crippen LogP contribution in [0.2, 0.25) is 0 Å². The van der Waals surface area contributed by atoms with Crippen molar-refractivity contribution in [3.05, 3.63) is 74.3 Å². The molecule has 1 aromatic carbocycles. The molecule has 0 saturated carbocycles. The van der Waals surface area contributed by atoms with Crippen LogP contribution in [0.15, 0.2) is 50.7 Å². The number of benzene rings is 1. The van der Waals surface area contributed by atoms with Gasteiger partial charge >= 0.3 is 5.63 Å². The van der Waals surface area contributed by atoms with Crippen molar-refractivity contribution in [3.8, 4) is 0 Å². The van der Waals surface area contributed by atoms with E-state index < -0.39 is 5.63 Å². The number of aryl methyl sites for hydroxylation is 1. The van der Waals surface area contributed by atoms with E-state index in [9.17, 15) is 9.59 Å². The fourth-order valence-electron chi connectivity index (χ4n) is 3.49. The third kappa shape index (κ3) is 2.90. The number of fused-ring (bicyclic) bond motifs is 2. The molecule has 0 radical (unpaired) electrons. The van der Waals surface area contributed by atoms with Gasteiger partial charge in [-0.3, -0.25) is 9.36 Å². The highest BCUT2D eigenvalue weighted by molar-refractivity contribution is 5.76. The highest BCUT2D eigenvalue weighted by atomic mass is 16.4. The van der Waals surface area contributed by atoms with Gasteiger partial charge in [-0.05, 0) is 36.8 Å². The lowest BCUT2D eigenvalue weighted by molar-refractivity contribution is 0.308. The van der Waals surface area contributed by atoms with E-state index in [0.29, 0.717) is 11.1 Å². The van der Waals surface area contributed by atoms with Crippen molar-refractivity contribution in [2.45, 2.75) is 39.7 Å². The average molecular weight is 336 g/mol. The molecular weight excluding hydrogens is 316 g/mol. The second kappa shape index (κ2) is 5.69. The van der Waals surface area contributed by atoms with Gasteiger partial charge in [0.15, 0.2) is 0 Å². The minimum absolute atomic E-state index is 0.0506. The molecule has 0 bridgehead atoms. The SMILES string of the molecule is CC1(C)CCc2ncn(Cc3cc4ccccc4oc3=O)c(=O)c2C1. The summed E-state index contributed by atoms with van der Waals surface area (Å²) in [5, 5.41) is 0.845. The fraction of sp³-hybridized carbons (Fsp3) is 0.350. The van der Waals surface area contributed by atoms with Crippen LogP contribution in [-0.2, 0) is 19.4 Å². The van der Waals surface area contributed by atoms with Crippen LogP contribution >= 0.6 is 0 Å². The van der Waals surface area contributed by atoms with Crippen molar-refractivity contribution in [2.24, 2.45) is 5.41 Å². The number of aromatic nitrogens is 2. The first-order chi connectivity index (χ1) is 11.9. The number of nitrogens with zero attached hydrogens (tertiary/aromatic N) is 2. The molecule has 3 aromatic rings. The summed E-state index contributed by atoms with van der Waals surface area (Å²) < 4.78 is 6.87. The van der Waals surface area contributed by atoms with Crippen LogP contribution < -0.4 is 11.2 Å². The predicted octanol–water partition coefficient (Wildman–Crippen LogP) is 2.91. The normalized spacial score (nSPS) is 15.9. The van der Waals surface area contributed by atoms with Gasteiger partial charge in [0.2, 0.25) is 0 Å². The van der Waals surface area contributed by atoms with E-state index in [1.165, 1.54) is 4.57 Å². The molecule has 0 unspecified atom stereocenters. The minimum Gasteiger partial charge on any atom is -0.422 e. The summed E-state index contributed by atoms with van der Waals surface area (Å²) in [6, 6.07) is 9.15. The molecule has 1 aliphatic rings. The number of hydrogen-bond acceptors (Lipinski definition) is 4. The molecular formula is C20H20N2O3. The number of hydrogen-bond donors (Lipinski definition) is 0. The Morgan fingerprint density at radius 3 is 2.88 bits per heavy atom. The first-order valence-electron chi connectivity index (χ1n) is 8.52. The summed E-state index contributed by atoms with van der Waals surface area (Å²) in [4.78, 5) is 29.6. The second-order valence-electron chi connectivity index (χ2n) is 7.54. The van der Waals surface area contributed by atoms with Gasteiger partial charge in [-0.2, -0.15) is 0 Å². The Labute approximate surface area is 144 Å². The van der Waals surface area contributed by atoms with Crippen molar-refractivity contribution in [3.63, 3.8) is 0 Å². The van der Waals surface area contributed by atoms with Crippen LogP contribution in [-0.4, -0.2) is 9.55 Å². The number of para-hydroxylation sites is 1. The first-order valence-corrected chi connectivity index (χ1v) is 8.52. The highest BCUT2D eigenvalue weighted by Gasteiger charge is 2.28. The molecule has 5 nitrogen and oxygen atoms in total. The molecule has 5 heteroatoms. The molecule has 128 valence electrons. The lowest BCUT2D eigenvalue weighted by Crippen LogP contribution is -2.34.